The van der Waals surface area contributed by atoms with Gasteiger partial charge in [0.2, 0.25) is 0 Å². The fourth-order valence-electron chi connectivity index (χ4n) is 1.11. The molecule has 2 N–H and O–H groups in total. The van der Waals surface area contributed by atoms with E-state index in [1.54, 1.807) is 0 Å². The second-order valence-corrected chi connectivity index (χ2v) is 3.95. The zero-order chi connectivity index (χ0) is 15.4. The number of rotatable bonds is 10. The molecule has 2 unspecified atom stereocenters. The third-order valence-corrected chi connectivity index (χ3v) is 2.07. The van der Waals surface area contributed by atoms with Crippen LogP contribution in [0.2, 0.25) is 0 Å². The molecule has 0 aromatic carbocycles. The Morgan fingerprint density at radius 2 is 1.25 bits per heavy atom. The standard InChI is InChI=1S/C14H20O6/c1-3-5-11(15)9-19-13(17)7-8-14(18)20-10-12(16)6-4-2/h3-4,7-8,11-12,15-16H,1-2,5-6,9-10H2/b8-7+. The van der Waals surface area contributed by atoms with Crippen LogP contribution in [0.3, 0.4) is 0 Å². The first-order valence-electron chi connectivity index (χ1n) is 6.09. The highest BCUT2D eigenvalue weighted by Gasteiger charge is 2.07. The van der Waals surface area contributed by atoms with Crippen LogP contribution in [0.1, 0.15) is 12.8 Å². The molecule has 0 spiro atoms. The molecule has 0 bridgehead atoms. The Bertz CT molecular complexity index is 327. The second kappa shape index (κ2) is 11.0. The van der Waals surface area contributed by atoms with E-state index in [0.29, 0.717) is 12.8 Å². The van der Waals surface area contributed by atoms with Gasteiger partial charge in [0.25, 0.3) is 0 Å². The van der Waals surface area contributed by atoms with E-state index in [9.17, 15) is 19.8 Å². The van der Waals surface area contributed by atoms with Crippen molar-refractivity contribution in [3.8, 4) is 0 Å². The number of carbonyl (C=O) groups excluding carboxylic acids is 2. The highest BCUT2D eigenvalue weighted by molar-refractivity contribution is 5.91. The number of hydrogen-bond acceptors (Lipinski definition) is 6. The number of carbonyl (C=O) groups is 2. The first-order chi connectivity index (χ1) is 9.49. The molecule has 6 heteroatoms. The van der Waals surface area contributed by atoms with Gasteiger partial charge >= 0.3 is 11.9 Å². The van der Waals surface area contributed by atoms with Crippen LogP contribution in [-0.4, -0.2) is 47.6 Å². The van der Waals surface area contributed by atoms with Crippen LogP contribution >= 0.6 is 0 Å². The molecule has 20 heavy (non-hydrogen) atoms. The van der Waals surface area contributed by atoms with E-state index in [2.05, 4.69) is 22.6 Å². The third-order valence-electron chi connectivity index (χ3n) is 2.07. The molecule has 0 amide bonds. The Kier molecular flexibility index (Phi) is 9.90. The Labute approximate surface area is 118 Å². The molecular formula is C14H20O6. The maximum absolute atomic E-state index is 11.2. The van der Waals surface area contributed by atoms with Crippen molar-refractivity contribution in [3.05, 3.63) is 37.5 Å². The van der Waals surface area contributed by atoms with Crippen molar-refractivity contribution in [2.45, 2.75) is 25.0 Å². The van der Waals surface area contributed by atoms with Crippen molar-refractivity contribution >= 4 is 11.9 Å². The average molecular weight is 284 g/mol. The van der Waals surface area contributed by atoms with Gasteiger partial charge in [0.15, 0.2) is 0 Å². The van der Waals surface area contributed by atoms with Gasteiger partial charge in [-0.3, -0.25) is 0 Å². The molecule has 0 fully saturated rings. The summed E-state index contributed by atoms with van der Waals surface area (Å²) in [5, 5.41) is 18.5. The minimum atomic E-state index is -0.814. The fourth-order valence-corrected chi connectivity index (χ4v) is 1.11. The normalized spacial score (nSPS) is 13.5. The molecule has 2 atom stereocenters. The lowest BCUT2D eigenvalue weighted by Gasteiger charge is -2.08. The zero-order valence-electron chi connectivity index (χ0n) is 11.2. The maximum Gasteiger partial charge on any atom is 0.331 e. The number of ether oxygens (including phenoxy) is 2. The van der Waals surface area contributed by atoms with E-state index in [1.807, 2.05) is 0 Å². The molecule has 0 saturated carbocycles. The molecule has 6 nitrogen and oxygen atoms in total. The van der Waals surface area contributed by atoms with Crippen molar-refractivity contribution < 1.29 is 29.3 Å². The molecule has 112 valence electrons. The molecule has 0 aliphatic heterocycles. The van der Waals surface area contributed by atoms with Gasteiger partial charge in [-0.15, -0.1) is 13.2 Å². The number of aliphatic hydroxyl groups excluding tert-OH is 2. The minimum absolute atomic E-state index is 0.178. The smallest absolute Gasteiger partial charge is 0.331 e. The summed E-state index contributed by atoms with van der Waals surface area (Å²) >= 11 is 0. The topological polar surface area (TPSA) is 93.1 Å². The molecule has 0 aliphatic carbocycles. The number of aliphatic hydroxyl groups is 2. The summed E-state index contributed by atoms with van der Waals surface area (Å²) < 4.78 is 9.35. The summed E-state index contributed by atoms with van der Waals surface area (Å²) in [6.45, 7) is 6.51. The second-order valence-electron chi connectivity index (χ2n) is 3.95. The van der Waals surface area contributed by atoms with Crippen molar-refractivity contribution in [2.75, 3.05) is 13.2 Å². The molecule has 0 rings (SSSR count). The van der Waals surface area contributed by atoms with Crippen LogP contribution in [0.4, 0.5) is 0 Å². The van der Waals surface area contributed by atoms with Crippen LogP contribution in [-0.2, 0) is 19.1 Å². The van der Waals surface area contributed by atoms with Crippen LogP contribution in [0.5, 0.6) is 0 Å². The summed E-state index contributed by atoms with van der Waals surface area (Å²) in [4.78, 5) is 22.4. The predicted octanol–water partition coefficient (Wildman–Crippen LogP) is 0.503. The maximum atomic E-state index is 11.2. The summed E-state index contributed by atoms with van der Waals surface area (Å²) in [5.74, 6) is -1.53. The van der Waals surface area contributed by atoms with Crippen molar-refractivity contribution in [1.82, 2.24) is 0 Å². The zero-order valence-corrected chi connectivity index (χ0v) is 11.2. The number of hydrogen-bond donors (Lipinski definition) is 2. The van der Waals surface area contributed by atoms with E-state index in [4.69, 9.17) is 0 Å². The largest absolute Gasteiger partial charge is 0.460 e. The average Bonchev–Trinajstić information content (AvgIpc) is 2.41. The SMILES string of the molecule is C=CCC(O)COC(=O)/C=C/C(=O)OCC(O)CC=C. The van der Waals surface area contributed by atoms with Crippen molar-refractivity contribution in [3.63, 3.8) is 0 Å². The lowest BCUT2D eigenvalue weighted by atomic mass is 10.3. The van der Waals surface area contributed by atoms with E-state index in [1.165, 1.54) is 12.2 Å². The van der Waals surface area contributed by atoms with Gasteiger partial charge in [0.1, 0.15) is 13.2 Å². The van der Waals surface area contributed by atoms with Crippen molar-refractivity contribution in [2.24, 2.45) is 0 Å². The van der Waals surface area contributed by atoms with E-state index in [0.717, 1.165) is 12.2 Å². The Morgan fingerprint density at radius 1 is 0.900 bits per heavy atom. The quantitative estimate of drug-likeness (QED) is 0.345. The van der Waals surface area contributed by atoms with Gasteiger partial charge in [-0.25, -0.2) is 9.59 Å². The lowest BCUT2D eigenvalue weighted by Crippen LogP contribution is -2.18. The van der Waals surface area contributed by atoms with Crippen molar-refractivity contribution in [1.29, 1.82) is 0 Å². The molecule has 0 aromatic rings. The Morgan fingerprint density at radius 3 is 1.55 bits per heavy atom. The van der Waals surface area contributed by atoms with Gasteiger partial charge in [0, 0.05) is 12.2 Å². The fraction of sp³-hybridized carbons (Fsp3) is 0.429. The van der Waals surface area contributed by atoms with Gasteiger partial charge in [-0.05, 0) is 12.8 Å². The molecule has 0 heterocycles. The van der Waals surface area contributed by atoms with Gasteiger partial charge in [-0.1, -0.05) is 12.2 Å². The molecule has 0 aliphatic rings. The molecule has 0 saturated heterocycles. The highest BCUT2D eigenvalue weighted by Crippen LogP contribution is 1.96. The summed E-state index contributed by atoms with van der Waals surface area (Å²) in [5.41, 5.74) is 0. The van der Waals surface area contributed by atoms with Crippen LogP contribution in [0, 0.1) is 0 Å². The first kappa shape index (κ1) is 18.1. The monoisotopic (exact) mass is 284 g/mol. The summed E-state index contributed by atoms with van der Waals surface area (Å²) in [6, 6.07) is 0. The number of esters is 2. The van der Waals surface area contributed by atoms with E-state index in [-0.39, 0.29) is 13.2 Å². The minimum Gasteiger partial charge on any atom is -0.460 e. The Balaban J connectivity index is 3.90. The van der Waals surface area contributed by atoms with E-state index < -0.39 is 24.1 Å². The predicted molar refractivity (Wildman–Crippen MR) is 72.7 cm³/mol. The van der Waals surface area contributed by atoms with Gasteiger partial charge in [-0.2, -0.15) is 0 Å². The molecular weight excluding hydrogens is 264 g/mol. The molecule has 0 radical (unpaired) electrons. The summed E-state index contributed by atoms with van der Waals surface area (Å²) in [6.07, 6.45) is 3.77. The van der Waals surface area contributed by atoms with Crippen LogP contribution < -0.4 is 0 Å². The third kappa shape index (κ3) is 10.0. The first-order valence-corrected chi connectivity index (χ1v) is 6.09. The van der Waals surface area contributed by atoms with Gasteiger partial charge < -0.3 is 19.7 Å². The highest BCUT2D eigenvalue weighted by atomic mass is 16.5. The van der Waals surface area contributed by atoms with Gasteiger partial charge in [0.05, 0.1) is 12.2 Å². The summed E-state index contributed by atoms with van der Waals surface area (Å²) in [7, 11) is 0. The Hall–Kier alpha value is -1.92. The molecule has 0 aromatic heterocycles. The lowest BCUT2D eigenvalue weighted by molar-refractivity contribution is -0.143. The van der Waals surface area contributed by atoms with E-state index >= 15 is 0 Å². The van der Waals surface area contributed by atoms with Crippen LogP contribution in [0.25, 0.3) is 0 Å². The van der Waals surface area contributed by atoms with Crippen LogP contribution in [0.15, 0.2) is 37.5 Å².